The predicted molar refractivity (Wildman–Crippen MR) is 90.9 cm³/mol. The molecule has 3 nitrogen and oxygen atoms in total. The molecule has 21 heavy (non-hydrogen) atoms. The Labute approximate surface area is 132 Å². The first-order valence-electron chi connectivity index (χ1n) is 7.87. The number of hydrogen-bond acceptors (Lipinski definition) is 3. The van der Waals surface area contributed by atoms with Gasteiger partial charge in [-0.25, -0.2) is 0 Å². The van der Waals surface area contributed by atoms with E-state index in [1.807, 2.05) is 12.1 Å². The van der Waals surface area contributed by atoms with E-state index in [1.54, 1.807) is 0 Å². The van der Waals surface area contributed by atoms with Crippen molar-refractivity contribution in [1.82, 2.24) is 0 Å². The maximum Gasteiger partial charge on any atom is 0.103 e. The molecule has 1 spiro atoms. The summed E-state index contributed by atoms with van der Waals surface area (Å²) in [4.78, 5) is 2.72. The van der Waals surface area contributed by atoms with Crippen LogP contribution in [0.25, 0.3) is 0 Å². The van der Waals surface area contributed by atoms with Crippen molar-refractivity contribution in [3.05, 3.63) is 29.8 Å². The largest absolute Gasteiger partial charge is 0.389 e. The molecule has 1 saturated heterocycles. The summed E-state index contributed by atoms with van der Waals surface area (Å²) in [5.74, 6) is 0. The molecule has 4 heteroatoms. The summed E-state index contributed by atoms with van der Waals surface area (Å²) in [6.45, 7) is 0.953. The van der Waals surface area contributed by atoms with Crippen molar-refractivity contribution in [2.75, 3.05) is 18.5 Å². The fourth-order valence-corrected chi connectivity index (χ4v) is 3.84. The summed E-state index contributed by atoms with van der Waals surface area (Å²) in [5.41, 5.74) is 7.97. The van der Waals surface area contributed by atoms with Crippen molar-refractivity contribution in [1.29, 1.82) is 0 Å². The van der Waals surface area contributed by atoms with Crippen LogP contribution in [0.2, 0.25) is 0 Å². The summed E-state index contributed by atoms with van der Waals surface area (Å²) >= 11 is 4.99. The maximum absolute atomic E-state index is 6.38. The Morgan fingerprint density at radius 2 is 1.95 bits per heavy atom. The fraction of sp³-hybridized carbons (Fsp3) is 0.588. The van der Waals surface area contributed by atoms with Gasteiger partial charge in [-0.3, -0.25) is 0 Å². The number of anilines is 1. The topological polar surface area (TPSA) is 38.5 Å². The number of nitrogens with zero attached hydrogens (tertiary/aromatic N) is 1. The number of benzene rings is 1. The predicted octanol–water partition coefficient (Wildman–Crippen LogP) is 3.25. The van der Waals surface area contributed by atoms with Crippen molar-refractivity contribution in [2.45, 2.75) is 50.2 Å². The molecule has 0 aromatic heterocycles. The van der Waals surface area contributed by atoms with E-state index in [2.05, 4.69) is 24.1 Å². The standard InChI is InChI=1S/C17H24N2OS/c1-19(14-6-4-13(5-7-14)16(18)21)12-15-8-11-17(20-15)9-2-3-10-17/h4-7,15H,2-3,8-12H2,1H3,(H2,18,21). The van der Waals surface area contributed by atoms with Crippen molar-refractivity contribution >= 4 is 22.9 Å². The van der Waals surface area contributed by atoms with Crippen molar-refractivity contribution < 1.29 is 4.74 Å². The van der Waals surface area contributed by atoms with Crippen LogP contribution < -0.4 is 10.6 Å². The van der Waals surface area contributed by atoms with Gasteiger partial charge in [0.25, 0.3) is 0 Å². The molecule has 2 fully saturated rings. The number of nitrogens with two attached hydrogens (primary N) is 1. The van der Waals surface area contributed by atoms with Crippen LogP contribution in [0, 0.1) is 0 Å². The van der Waals surface area contributed by atoms with Crippen LogP contribution in [-0.4, -0.2) is 30.3 Å². The Kier molecular flexibility index (Phi) is 4.18. The van der Waals surface area contributed by atoms with E-state index in [0.717, 1.165) is 12.1 Å². The summed E-state index contributed by atoms with van der Waals surface area (Å²) in [6, 6.07) is 8.13. The Morgan fingerprint density at radius 1 is 1.29 bits per heavy atom. The first-order valence-corrected chi connectivity index (χ1v) is 8.28. The van der Waals surface area contributed by atoms with Crippen LogP contribution >= 0.6 is 12.2 Å². The molecule has 1 aliphatic heterocycles. The molecule has 0 bridgehead atoms. The van der Waals surface area contributed by atoms with Gasteiger partial charge in [0.1, 0.15) is 4.99 Å². The van der Waals surface area contributed by atoms with Gasteiger partial charge in [-0.05, 0) is 49.9 Å². The fourth-order valence-electron chi connectivity index (χ4n) is 3.70. The Bertz CT molecular complexity index is 508. The molecule has 114 valence electrons. The maximum atomic E-state index is 6.38. The highest BCUT2D eigenvalue weighted by molar-refractivity contribution is 7.80. The average Bonchev–Trinajstić information content (AvgIpc) is 3.09. The Hall–Kier alpha value is -1.13. The lowest BCUT2D eigenvalue weighted by Crippen LogP contribution is -2.32. The molecule has 1 heterocycles. The lowest BCUT2D eigenvalue weighted by Gasteiger charge is -2.27. The third kappa shape index (κ3) is 3.22. The summed E-state index contributed by atoms with van der Waals surface area (Å²) < 4.78 is 6.38. The molecule has 2 aliphatic rings. The minimum absolute atomic E-state index is 0.223. The molecule has 1 aromatic carbocycles. The number of ether oxygens (including phenoxy) is 1. The second-order valence-corrected chi connectivity index (χ2v) is 6.90. The van der Waals surface area contributed by atoms with Gasteiger partial charge in [0.05, 0.1) is 11.7 Å². The SMILES string of the molecule is CN(CC1CCC2(CCCC2)O1)c1ccc(C(N)=S)cc1. The number of likely N-dealkylation sites (N-methyl/N-ethyl adjacent to an activating group) is 1. The van der Waals surface area contributed by atoms with Gasteiger partial charge in [0.2, 0.25) is 0 Å². The van der Waals surface area contributed by atoms with Crippen molar-refractivity contribution in [3.63, 3.8) is 0 Å². The second-order valence-electron chi connectivity index (χ2n) is 6.46. The highest BCUT2D eigenvalue weighted by Crippen LogP contribution is 2.43. The van der Waals surface area contributed by atoms with Gasteiger partial charge in [-0.1, -0.05) is 25.1 Å². The Balaban J connectivity index is 1.59. The van der Waals surface area contributed by atoms with Gasteiger partial charge in [-0.2, -0.15) is 0 Å². The van der Waals surface area contributed by atoms with Crippen LogP contribution in [0.3, 0.4) is 0 Å². The van der Waals surface area contributed by atoms with E-state index >= 15 is 0 Å². The monoisotopic (exact) mass is 304 g/mol. The minimum Gasteiger partial charge on any atom is -0.389 e. The Morgan fingerprint density at radius 3 is 2.57 bits per heavy atom. The molecular formula is C17H24N2OS. The zero-order chi connectivity index (χ0) is 14.9. The van der Waals surface area contributed by atoms with E-state index in [0.29, 0.717) is 11.1 Å². The molecule has 1 atom stereocenters. The molecule has 1 aliphatic carbocycles. The van der Waals surface area contributed by atoms with Crippen molar-refractivity contribution in [3.8, 4) is 0 Å². The van der Waals surface area contributed by atoms with Crippen LogP contribution in [0.4, 0.5) is 5.69 Å². The molecule has 2 N–H and O–H groups in total. The molecule has 0 amide bonds. The second kappa shape index (κ2) is 5.93. The van der Waals surface area contributed by atoms with Crippen LogP contribution in [0.1, 0.15) is 44.1 Å². The number of hydrogen-bond donors (Lipinski definition) is 1. The van der Waals surface area contributed by atoms with Gasteiger partial charge in [0, 0.05) is 24.8 Å². The van der Waals surface area contributed by atoms with Crippen LogP contribution in [-0.2, 0) is 4.74 Å². The van der Waals surface area contributed by atoms with Gasteiger partial charge < -0.3 is 15.4 Å². The first-order chi connectivity index (χ1) is 10.1. The lowest BCUT2D eigenvalue weighted by atomic mass is 9.98. The molecule has 1 aromatic rings. The summed E-state index contributed by atoms with van der Waals surface area (Å²) in [7, 11) is 2.12. The molecule has 1 saturated carbocycles. The third-order valence-electron chi connectivity index (χ3n) is 4.92. The van der Waals surface area contributed by atoms with Gasteiger partial charge in [-0.15, -0.1) is 0 Å². The minimum atomic E-state index is 0.223. The first kappa shape index (κ1) is 14.8. The van der Waals surface area contributed by atoms with Crippen LogP contribution in [0.5, 0.6) is 0 Å². The highest BCUT2D eigenvalue weighted by atomic mass is 32.1. The van der Waals surface area contributed by atoms with Crippen LogP contribution in [0.15, 0.2) is 24.3 Å². The van der Waals surface area contributed by atoms with E-state index in [4.69, 9.17) is 22.7 Å². The summed E-state index contributed by atoms with van der Waals surface area (Å²) in [6.07, 6.45) is 7.99. The van der Waals surface area contributed by atoms with E-state index in [9.17, 15) is 0 Å². The quantitative estimate of drug-likeness (QED) is 0.867. The lowest BCUT2D eigenvalue weighted by molar-refractivity contribution is -0.0324. The molecular weight excluding hydrogens is 280 g/mol. The van der Waals surface area contributed by atoms with Gasteiger partial charge in [0.15, 0.2) is 0 Å². The van der Waals surface area contributed by atoms with E-state index in [1.165, 1.54) is 44.2 Å². The van der Waals surface area contributed by atoms with Gasteiger partial charge >= 0.3 is 0 Å². The molecule has 0 radical (unpaired) electrons. The highest BCUT2D eigenvalue weighted by Gasteiger charge is 2.42. The molecule has 1 unspecified atom stereocenters. The molecule has 3 rings (SSSR count). The summed E-state index contributed by atoms with van der Waals surface area (Å²) in [5, 5.41) is 0. The number of rotatable bonds is 4. The van der Waals surface area contributed by atoms with E-state index in [-0.39, 0.29) is 5.60 Å². The van der Waals surface area contributed by atoms with E-state index < -0.39 is 0 Å². The normalized spacial score (nSPS) is 23.6. The average molecular weight is 304 g/mol. The third-order valence-corrected chi connectivity index (χ3v) is 5.16. The van der Waals surface area contributed by atoms with Crippen molar-refractivity contribution in [2.24, 2.45) is 5.73 Å². The smallest absolute Gasteiger partial charge is 0.103 e. The number of thiocarbonyl (C=S) groups is 1. The zero-order valence-electron chi connectivity index (χ0n) is 12.7. The zero-order valence-corrected chi connectivity index (χ0v) is 13.5.